The first-order valence-corrected chi connectivity index (χ1v) is 11.1. The first kappa shape index (κ1) is 21.6. The Kier molecular flexibility index (Phi) is 5.90. The van der Waals surface area contributed by atoms with Crippen LogP contribution < -0.4 is 10.1 Å². The Balaban J connectivity index is 1.31. The summed E-state index contributed by atoms with van der Waals surface area (Å²) in [4.78, 5) is 4.42. The molecule has 0 aliphatic rings. The van der Waals surface area contributed by atoms with Crippen molar-refractivity contribution in [3.8, 4) is 29.0 Å². The van der Waals surface area contributed by atoms with Crippen LogP contribution in [0.4, 0.5) is 5.88 Å². The van der Waals surface area contributed by atoms with Gasteiger partial charge in [-0.3, -0.25) is 0 Å². The number of nitrogens with zero attached hydrogens (tertiary/aromatic N) is 2. The van der Waals surface area contributed by atoms with Gasteiger partial charge in [0.2, 0.25) is 17.5 Å². The lowest BCUT2D eigenvalue weighted by atomic mass is 10.0. The topological polar surface area (TPSA) is 71.1 Å². The fraction of sp³-hybridized carbons (Fsp3) is 0.0714. The van der Waals surface area contributed by atoms with Crippen LogP contribution in [0.2, 0.25) is 5.02 Å². The molecule has 0 radical (unpaired) electrons. The number of anilines is 1. The van der Waals surface area contributed by atoms with Crippen LogP contribution in [0.25, 0.3) is 22.2 Å². The van der Waals surface area contributed by atoms with Crippen molar-refractivity contribution in [3.05, 3.63) is 107 Å². The highest BCUT2D eigenvalue weighted by Gasteiger charge is 2.16. The molecule has 5 nitrogen and oxygen atoms in total. The van der Waals surface area contributed by atoms with Gasteiger partial charge in [-0.15, -0.1) is 0 Å². The lowest BCUT2D eigenvalue weighted by molar-refractivity contribution is 0.482. The highest BCUT2D eigenvalue weighted by atomic mass is 35.5. The molecule has 0 aliphatic carbocycles. The van der Waals surface area contributed by atoms with E-state index in [-0.39, 0.29) is 5.69 Å². The van der Waals surface area contributed by atoms with Crippen molar-refractivity contribution < 1.29 is 9.15 Å². The first-order chi connectivity index (χ1) is 16.6. The van der Waals surface area contributed by atoms with E-state index in [1.54, 1.807) is 0 Å². The first-order valence-electron chi connectivity index (χ1n) is 10.8. The van der Waals surface area contributed by atoms with Crippen LogP contribution in [0.15, 0.2) is 89.3 Å². The molecular formula is C28H20ClN3O2. The van der Waals surface area contributed by atoms with Gasteiger partial charge in [0.25, 0.3) is 0 Å². The standard InChI is InChI=1S/C28H20ClN3O2/c1-18-15-22(13-14-25(18)29)33-21-11-9-19(10-12-21)17-31-28-26(16-30)32-27(34-28)24-8-4-6-20-5-2-3-7-23(20)24/h2-15,31H,17H2,1H3. The number of oxazole rings is 1. The summed E-state index contributed by atoms with van der Waals surface area (Å²) in [5, 5.41) is 15.6. The molecule has 0 saturated carbocycles. The summed E-state index contributed by atoms with van der Waals surface area (Å²) in [6.45, 7) is 2.41. The normalized spacial score (nSPS) is 10.7. The third kappa shape index (κ3) is 4.45. The summed E-state index contributed by atoms with van der Waals surface area (Å²) in [5.74, 6) is 2.22. The molecule has 0 spiro atoms. The molecule has 0 atom stereocenters. The van der Waals surface area contributed by atoms with E-state index < -0.39 is 0 Å². The number of hydrogen-bond donors (Lipinski definition) is 1. The molecule has 34 heavy (non-hydrogen) atoms. The fourth-order valence-corrected chi connectivity index (χ4v) is 3.83. The second-order valence-electron chi connectivity index (χ2n) is 7.85. The number of benzene rings is 4. The van der Waals surface area contributed by atoms with Gasteiger partial charge in [0.05, 0.1) is 0 Å². The van der Waals surface area contributed by atoms with Gasteiger partial charge in [-0.1, -0.05) is 60.1 Å². The minimum absolute atomic E-state index is 0.223. The Morgan fingerprint density at radius 1 is 0.971 bits per heavy atom. The lowest BCUT2D eigenvalue weighted by Crippen LogP contribution is -1.99. The molecule has 0 amide bonds. The molecule has 0 fully saturated rings. The molecule has 1 N–H and O–H groups in total. The van der Waals surface area contributed by atoms with Crippen molar-refractivity contribution in [1.29, 1.82) is 5.26 Å². The van der Waals surface area contributed by atoms with Gasteiger partial charge >= 0.3 is 0 Å². The molecular weight excluding hydrogens is 446 g/mol. The number of nitrogens with one attached hydrogen (secondary N) is 1. The van der Waals surface area contributed by atoms with E-state index in [4.69, 9.17) is 20.8 Å². The smallest absolute Gasteiger partial charge is 0.232 e. The SMILES string of the molecule is Cc1cc(Oc2ccc(CNc3oc(-c4cccc5ccccc45)nc3C#N)cc2)ccc1Cl. The molecule has 1 aromatic heterocycles. The third-order valence-corrected chi connectivity index (χ3v) is 5.92. The van der Waals surface area contributed by atoms with E-state index in [1.807, 2.05) is 91.9 Å². The van der Waals surface area contributed by atoms with Gasteiger partial charge in [-0.25, -0.2) is 0 Å². The van der Waals surface area contributed by atoms with Crippen LogP contribution in [0.3, 0.4) is 0 Å². The number of rotatable bonds is 6. The van der Waals surface area contributed by atoms with Crippen LogP contribution in [0.1, 0.15) is 16.8 Å². The summed E-state index contributed by atoms with van der Waals surface area (Å²) < 4.78 is 11.9. The van der Waals surface area contributed by atoms with Gasteiger partial charge in [-0.05, 0) is 65.2 Å². The van der Waals surface area contributed by atoms with E-state index in [2.05, 4.69) is 16.4 Å². The Morgan fingerprint density at radius 2 is 1.74 bits per heavy atom. The molecule has 6 heteroatoms. The predicted molar refractivity (Wildman–Crippen MR) is 134 cm³/mol. The van der Waals surface area contributed by atoms with Crippen LogP contribution in [-0.2, 0) is 6.54 Å². The van der Waals surface area contributed by atoms with Crippen LogP contribution in [0.5, 0.6) is 11.5 Å². The third-order valence-electron chi connectivity index (χ3n) is 5.49. The summed E-state index contributed by atoms with van der Waals surface area (Å²) in [6.07, 6.45) is 0. The molecule has 5 aromatic rings. The summed E-state index contributed by atoms with van der Waals surface area (Å²) >= 11 is 6.08. The molecule has 0 saturated heterocycles. The Labute approximate surface area is 202 Å². The number of ether oxygens (including phenoxy) is 1. The number of aromatic nitrogens is 1. The zero-order valence-electron chi connectivity index (χ0n) is 18.4. The Bertz CT molecular complexity index is 1510. The predicted octanol–water partition coefficient (Wildman–Crippen LogP) is 7.73. The number of hydrogen-bond acceptors (Lipinski definition) is 5. The molecule has 166 valence electrons. The van der Waals surface area contributed by atoms with E-state index in [9.17, 15) is 5.26 Å². The zero-order valence-corrected chi connectivity index (χ0v) is 19.1. The monoisotopic (exact) mass is 465 g/mol. The largest absolute Gasteiger partial charge is 0.457 e. The van der Waals surface area contributed by atoms with Gasteiger partial charge in [0.1, 0.15) is 17.6 Å². The highest BCUT2D eigenvalue weighted by molar-refractivity contribution is 6.31. The van der Waals surface area contributed by atoms with Crippen LogP contribution in [0, 0.1) is 18.3 Å². The average molecular weight is 466 g/mol. The highest BCUT2D eigenvalue weighted by Crippen LogP contribution is 2.31. The molecule has 5 rings (SSSR count). The van der Waals surface area contributed by atoms with E-state index >= 15 is 0 Å². The molecule has 1 heterocycles. The minimum Gasteiger partial charge on any atom is -0.457 e. The number of fused-ring (bicyclic) bond motifs is 1. The van der Waals surface area contributed by atoms with Gasteiger partial charge < -0.3 is 14.5 Å². The van der Waals surface area contributed by atoms with Crippen molar-refractivity contribution in [2.24, 2.45) is 0 Å². The lowest BCUT2D eigenvalue weighted by Gasteiger charge is -2.09. The average Bonchev–Trinajstić information content (AvgIpc) is 3.28. The van der Waals surface area contributed by atoms with Crippen molar-refractivity contribution in [2.75, 3.05) is 5.32 Å². The van der Waals surface area contributed by atoms with Gasteiger partial charge in [0.15, 0.2) is 0 Å². The number of aryl methyl sites for hydroxylation is 1. The molecule has 0 unspecified atom stereocenters. The molecule has 0 bridgehead atoms. The number of nitriles is 1. The van der Waals surface area contributed by atoms with E-state index in [0.29, 0.717) is 23.3 Å². The minimum atomic E-state index is 0.223. The van der Waals surface area contributed by atoms with Gasteiger partial charge in [0, 0.05) is 17.1 Å². The van der Waals surface area contributed by atoms with Gasteiger partial charge in [-0.2, -0.15) is 10.2 Å². The maximum Gasteiger partial charge on any atom is 0.232 e. The van der Waals surface area contributed by atoms with Crippen molar-refractivity contribution >= 4 is 28.3 Å². The van der Waals surface area contributed by atoms with Crippen LogP contribution >= 0.6 is 11.6 Å². The maximum absolute atomic E-state index is 9.57. The second-order valence-corrected chi connectivity index (χ2v) is 8.25. The van der Waals surface area contributed by atoms with E-state index in [1.165, 1.54) is 0 Å². The van der Waals surface area contributed by atoms with Crippen molar-refractivity contribution in [1.82, 2.24) is 4.98 Å². The summed E-state index contributed by atoms with van der Waals surface area (Å²) in [7, 11) is 0. The van der Waals surface area contributed by atoms with Crippen LogP contribution in [-0.4, -0.2) is 4.98 Å². The molecule has 4 aromatic carbocycles. The van der Waals surface area contributed by atoms with Crippen molar-refractivity contribution in [3.63, 3.8) is 0 Å². The Morgan fingerprint density at radius 3 is 2.53 bits per heavy atom. The second kappa shape index (κ2) is 9.30. The summed E-state index contributed by atoms with van der Waals surface area (Å²) in [5.41, 5.74) is 3.04. The van der Waals surface area contributed by atoms with Crippen molar-refractivity contribution in [2.45, 2.75) is 13.5 Å². The van der Waals surface area contributed by atoms with E-state index in [0.717, 1.165) is 39.0 Å². The maximum atomic E-state index is 9.57. The Hall–Kier alpha value is -4.27. The fourth-order valence-electron chi connectivity index (χ4n) is 3.72. The number of halogens is 1. The molecule has 0 aliphatic heterocycles. The quantitative estimate of drug-likeness (QED) is 0.277. The summed E-state index contributed by atoms with van der Waals surface area (Å²) in [6, 6.07) is 29.3. The zero-order chi connectivity index (χ0) is 23.5.